The molecule has 1 amide bonds. The van der Waals surface area contributed by atoms with Crippen LogP contribution in [-0.2, 0) is 17.9 Å². The van der Waals surface area contributed by atoms with E-state index in [-0.39, 0.29) is 18.2 Å². The number of methoxy groups -OCH3 is 1. The second kappa shape index (κ2) is 11.6. The lowest BCUT2D eigenvalue weighted by Crippen LogP contribution is -2.36. The third-order valence-electron chi connectivity index (χ3n) is 3.97. The molecule has 0 saturated heterocycles. The van der Waals surface area contributed by atoms with Crippen LogP contribution in [-0.4, -0.2) is 32.1 Å². The lowest BCUT2D eigenvalue weighted by Gasteiger charge is -2.14. The van der Waals surface area contributed by atoms with Gasteiger partial charge in [0.15, 0.2) is 5.96 Å². The Kier molecular flexibility index (Phi) is 8.86. The summed E-state index contributed by atoms with van der Waals surface area (Å²) in [6.45, 7) is 1.68. The minimum absolute atomic E-state index is 0.117. The Labute approximate surface area is 174 Å². The van der Waals surface area contributed by atoms with Crippen LogP contribution in [0.1, 0.15) is 25.0 Å². The molecule has 2 aromatic rings. The number of carbonyl (C=O) groups excluding carboxylic acids is 1. The Morgan fingerprint density at radius 3 is 2.57 bits per heavy atom. The van der Waals surface area contributed by atoms with E-state index in [0.29, 0.717) is 36.0 Å². The first kappa shape index (κ1) is 22.9. The van der Waals surface area contributed by atoms with Crippen LogP contribution in [0.4, 0.5) is 14.5 Å². The van der Waals surface area contributed by atoms with E-state index in [0.717, 1.165) is 5.56 Å². The van der Waals surface area contributed by atoms with Crippen molar-refractivity contribution in [3.63, 3.8) is 0 Å². The minimum Gasteiger partial charge on any atom is -0.495 e. The molecule has 162 valence electrons. The minimum atomic E-state index is -2.89. The van der Waals surface area contributed by atoms with Crippen molar-refractivity contribution in [2.75, 3.05) is 19.0 Å². The molecule has 0 bridgehead atoms. The van der Waals surface area contributed by atoms with Gasteiger partial charge in [0.05, 0.1) is 19.3 Å². The Hall–Kier alpha value is -3.36. The first-order valence-electron chi connectivity index (χ1n) is 9.42. The number of ether oxygens (including phenoxy) is 2. The predicted octanol–water partition coefficient (Wildman–Crippen LogP) is 3.51. The molecule has 0 spiro atoms. The SMILES string of the molecule is CCNC(=NCc1ccc(OC)c(NC(C)=O)c1)NCc1ccccc1OC(F)F. The fourth-order valence-electron chi connectivity index (χ4n) is 2.69. The highest BCUT2D eigenvalue weighted by Crippen LogP contribution is 2.26. The van der Waals surface area contributed by atoms with Gasteiger partial charge >= 0.3 is 6.61 Å². The number of hydrogen-bond acceptors (Lipinski definition) is 4. The van der Waals surface area contributed by atoms with Crippen molar-refractivity contribution in [3.05, 3.63) is 53.6 Å². The number of halogens is 2. The topological polar surface area (TPSA) is 84.0 Å². The number of para-hydroxylation sites is 1. The fraction of sp³-hybridized carbons (Fsp3) is 0.333. The highest BCUT2D eigenvalue weighted by atomic mass is 19.3. The number of guanidine groups is 1. The summed E-state index contributed by atoms with van der Waals surface area (Å²) in [5.74, 6) is 0.986. The average Bonchev–Trinajstić information content (AvgIpc) is 2.70. The van der Waals surface area contributed by atoms with Gasteiger partial charge in [0.2, 0.25) is 5.91 Å². The molecule has 0 aromatic heterocycles. The molecule has 3 N–H and O–H groups in total. The fourth-order valence-corrected chi connectivity index (χ4v) is 2.69. The van der Waals surface area contributed by atoms with E-state index in [1.807, 2.05) is 13.0 Å². The number of hydrogen-bond donors (Lipinski definition) is 3. The molecule has 0 atom stereocenters. The van der Waals surface area contributed by atoms with Crippen LogP contribution in [0.3, 0.4) is 0 Å². The zero-order chi connectivity index (χ0) is 21.9. The Bertz CT molecular complexity index is 875. The van der Waals surface area contributed by atoms with Gasteiger partial charge in [-0.05, 0) is 30.7 Å². The molecule has 30 heavy (non-hydrogen) atoms. The number of nitrogens with one attached hydrogen (secondary N) is 3. The number of amides is 1. The lowest BCUT2D eigenvalue weighted by molar-refractivity contribution is -0.114. The molecule has 0 aliphatic heterocycles. The Morgan fingerprint density at radius 1 is 1.13 bits per heavy atom. The number of benzene rings is 2. The van der Waals surface area contributed by atoms with Crippen LogP contribution in [0.5, 0.6) is 11.5 Å². The van der Waals surface area contributed by atoms with Crippen LogP contribution in [0.2, 0.25) is 0 Å². The number of rotatable bonds is 9. The van der Waals surface area contributed by atoms with Gasteiger partial charge in [0, 0.05) is 25.6 Å². The molecular weight excluding hydrogens is 394 g/mol. The first-order chi connectivity index (χ1) is 14.4. The van der Waals surface area contributed by atoms with E-state index in [1.54, 1.807) is 30.3 Å². The number of aliphatic imine (C=N–C) groups is 1. The normalized spacial score (nSPS) is 11.2. The zero-order valence-electron chi connectivity index (χ0n) is 17.2. The smallest absolute Gasteiger partial charge is 0.387 e. The second-order valence-electron chi connectivity index (χ2n) is 6.25. The molecule has 0 radical (unpaired) electrons. The van der Waals surface area contributed by atoms with Gasteiger partial charge in [0.1, 0.15) is 11.5 Å². The monoisotopic (exact) mass is 420 g/mol. The molecule has 2 rings (SSSR count). The van der Waals surface area contributed by atoms with E-state index >= 15 is 0 Å². The van der Waals surface area contributed by atoms with Crippen molar-refractivity contribution in [2.45, 2.75) is 33.5 Å². The van der Waals surface area contributed by atoms with Crippen LogP contribution < -0.4 is 25.4 Å². The molecule has 0 fully saturated rings. The van der Waals surface area contributed by atoms with Crippen molar-refractivity contribution in [1.82, 2.24) is 10.6 Å². The number of nitrogens with zero attached hydrogens (tertiary/aromatic N) is 1. The summed E-state index contributed by atoms with van der Waals surface area (Å²) in [5, 5.41) is 8.95. The molecular formula is C21H26F2N4O3. The predicted molar refractivity (Wildman–Crippen MR) is 112 cm³/mol. The number of carbonyl (C=O) groups is 1. The van der Waals surface area contributed by atoms with Crippen molar-refractivity contribution in [1.29, 1.82) is 0 Å². The molecule has 0 aliphatic rings. The maximum absolute atomic E-state index is 12.6. The summed E-state index contributed by atoms with van der Waals surface area (Å²) in [6, 6.07) is 12.0. The average molecular weight is 420 g/mol. The number of alkyl halides is 2. The molecule has 0 saturated carbocycles. The van der Waals surface area contributed by atoms with Gasteiger partial charge in [-0.3, -0.25) is 4.79 Å². The Balaban J connectivity index is 2.11. The van der Waals surface area contributed by atoms with Crippen molar-refractivity contribution < 1.29 is 23.0 Å². The Morgan fingerprint density at radius 2 is 1.90 bits per heavy atom. The number of anilines is 1. The summed E-state index contributed by atoms with van der Waals surface area (Å²) >= 11 is 0. The molecule has 7 nitrogen and oxygen atoms in total. The first-order valence-corrected chi connectivity index (χ1v) is 9.42. The summed E-state index contributed by atoms with van der Waals surface area (Å²) in [4.78, 5) is 15.9. The van der Waals surface area contributed by atoms with Gasteiger partial charge in [0.25, 0.3) is 0 Å². The highest BCUT2D eigenvalue weighted by molar-refractivity contribution is 5.90. The van der Waals surface area contributed by atoms with E-state index in [2.05, 4.69) is 25.7 Å². The molecule has 0 heterocycles. The zero-order valence-corrected chi connectivity index (χ0v) is 17.2. The largest absolute Gasteiger partial charge is 0.495 e. The second-order valence-corrected chi connectivity index (χ2v) is 6.25. The van der Waals surface area contributed by atoms with Crippen molar-refractivity contribution in [3.8, 4) is 11.5 Å². The van der Waals surface area contributed by atoms with Gasteiger partial charge in [-0.2, -0.15) is 8.78 Å². The van der Waals surface area contributed by atoms with E-state index in [1.165, 1.54) is 20.1 Å². The highest BCUT2D eigenvalue weighted by Gasteiger charge is 2.10. The van der Waals surface area contributed by atoms with E-state index in [9.17, 15) is 13.6 Å². The summed E-state index contributed by atoms with van der Waals surface area (Å²) in [6.07, 6.45) is 0. The summed E-state index contributed by atoms with van der Waals surface area (Å²) in [7, 11) is 1.53. The van der Waals surface area contributed by atoms with Crippen molar-refractivity contribution in [2.24, 2.45) is 4.99 Å². The third-order valence-corrected chi connectivity index (χ3v) is 3.97. The summed E-state index contributed by atoms with van der Waals surface area (Å²) < 4.78 is 35.0. The maximum atomic E-state index is 12.6. The lowest BCUT2D eigenvalue weighted by atomic mass is 10.2. The van der Waals surface area contributed by atoms with Crippen LogP contribution in [0.25, 0.3) is 0 Å². The van der Waals surface area contributed by atoms with Gasteiger partial charge < -0.3 is 25.4 Å². The molecule has 0 unspecified atom stereocenters. The molecule has 0 aliphatic carbocycles. The van der Waals surface area contributed by atoms with Gasteiger partial charge in [-0.15, -0.1) is 0 Å². The summed E-state index contributed by atoms with van der Waals surface area (Å²) in [5.41, 5.74) is 2.01. The van der Waals surface area contributed by atoms with Crippen LogP contribution in [0, 0.1) is 0 Å². The molecule has 2 aromatic carbocycles. The van der Waals surface area contributed by atoms with Crippen LogP contribution >= 0.6 is 0 Å². The van der Waals surface area contributed by atoms with Crippen LogP contribution in [0.15, 0.2) is 47.5 Å². The van der Waals surface area contributed by atoms with E-state index < -0.39 is 6.61 Å². The van der Waals surface area contributed by atoms with E-state index in [4.69, 9.17) is 4.74 Å². The standard InChI is InChI=1S/C21H26F2N4O3/c1-4-24-21(26-13-16-7-5-6-8-18(16)30-20(22)23)25-12-15-9-10-19(29-3)17(11-15)27-14(2)28/h5-11,20H,4,12-13H2,1-3H3,(H,27,28)(H2,24,25,26). The third kappa shape index (κ3) is 7.23. The van der Waals surface area contributed by atoms with Crippen molar-refractivity contribution >= 4 is 17.6 Å². The van der Waals surface area contributed by atoms with Gasteiger partial charge in [-0.25, -0.2) is 4.99 Å². The maximum Gasteiger partial charge on any atom is 0.387 e. The molecule has 9 heteroatoms. The quantitative estimate of drug-likeness (QED) is 0.427. The van der Waals surface area contributed by atoms with Gasteiger partial charge in [-0.1, -0.05) is 24.3 Å².